The molecular formula is C14H17NO3. The van der Waals surface area contributed by atoms with E-state index in [1.54, 1.807) is 18.2 Å². The van der Waals surface area contributed by atoms with Crippen molar-refractivity contribution in [3.05, 3.63) is 35.4 Å². The lowest BCUT2D eigenvalue weighted by Gasteiger charge is -2.01. The van der Waals surface area contributed by atoms with Crippen LogP contribution in [0.2, 0.25) is 0 Å². The third-order valence-electron chi connectivity index (χ3n) is 2.40. The van der Waals surface area contributed by atoms with Crippen molar-refractivity contribution in [3.63, 3.8) is 0 Å². The number of carbonyl (C=O) groups excluding carboxylic acids is 2. The topological polar surface area (TPSA) is 66.4 Å². The van der Waals surface area contributed by atoms with E-state index in [-0.39, 0.29) is 17.4 Å². The Balaban J connectivity index is 2.58. The zero-order chi connectivity index (χ0) is 13.5. The molecule has 1 amide bonds. The van der Waals surface area contributed by atoms with Crippen LogP contribution in [0.4, 0.5) is 0 Å². The first-order chi connectivity index (χ1) is 8.50. The van der Waals surface area contributed by atoms with Gasteiger partial charge in [0.15, 0.2) is 5.78 Å². The van der Waals surface area contributed by atoms with Crippen LogP contribution in [-0.4, -0.2) is 23.3 Å². The van der Waals surface area contributed by atoms with Gasteiger partial charge in [0, 0.05) is 13.5 Å². The summed E-state index contributed by atoms with van der Waals surface area (Å²) in [6.07, 6.45) is 4.46. The van der Waals surface area contributed by atoms with Gasteiger partial charge in [-0.1, -0.05) is 18.2 Å². The second-order valence-corrected chi connectivity index (χ2v) is 4.01. The standard InChI is InChI=1S/C14H17NO3/c1-10(16)13-7-6-12(9-14(13)18)5-3-4-8-15-11(2)17/h3,5-7,9,18H,4,8H2,1-2H3,(H,15,17). The van der Waals surface area contributed by atoms with Gasteiger partial charge < -0.3 is 10.4 Å². The summed E-state index contributed by atoms with van der Waals surface area (Å²) in [4.78, 5) is 21.7. The summed E-state index contributed by atoms with van der Waals surface area (Å²) in [5.41, 5.74) is 1.14. The molecule has 96 valence electrons. The van der Waals surface area contributed by atoms with Gasteiger partial charge in [0.05, 0.1) is 5.56 Å². The van der Waals surface area contributed by atoms with Crippen molar-refractivity contribution in [2.45, 2.75) is 20.3 Å². The summed E-state index contributed by atoms with van der Waals surface area (Å²) in [5, 5.41) is 12.3. The highest BCUT2D eigenvalue weighted by Crippen LogP contribution is 2.20. The molecule has 0 bridgehead atoms. The van der Waals surface area contributed by atoms with Gasteiger partial charge in [0.2, 0.25) is 5.91 Å². The molecule has 0 aromatic heterocycles. The minimum Gasteiger partial charge on any atom is -0.507 e. The smallest absolute Gasteiger partial charge is 0.216 e. The number of amides is 1. The van der Waals surface area contributed by atoms with Crippen LogP contribution in [0.25, 0.3) is 6.08 Å². The molecule has 0 aliphatic carbocycles. The Kier molecular flexibility index (Phi) is 5.11. The van der Waals surface area contributed by atoms with E-state index < -0.39 is 0 Å². The molecule has 1 aromatic rings. The normalized spacial score (nSPS) is 10.6. The van der Waals surface area contributed by atoms with Gasteiger partial charge in [-0.3, -0.25) is 9.59 Å². The van der Waals surface area contributed by atoms with E-state index in [1.807, 2.05) is 12.2 Å². The van der Waals surface area contributed by atoms with Crippen molar-refractivity contribution in [2.75, 3.05) is 6.54 Å². The zero-order valence-corrected chi connectivity index (χ0v) is 10.6. The first kappa shape index (κ1) is 14.0. The van der Waals surface area contributed by atoms with Crippen LogP contribution in [-0.2, 0) is 4.79 Å². The van der Waals surface area contributed by atoms with E-state index >= 15 is 0 Å². The Labute approximate surface area is 106 Å². The molecule has 1 aromatic carbocycles. The van der Waals surface area contributed by atoms with Crippen LogP contribution in [0.15, 0.2) is 24.3 Å². The molecule has 1 rings (SSSR count). The number of phenolic OH excluding ortho intramolecular Hbond substituents is 1. The minimum atomic E-state index is -0.159. The molecule has 0 atom stereocenters. The average molecular weight is 247 g/mol. The van der Waals surface area contributed by atoms with Crippen molar-refractivity contribution < 1.29 is 14.7 Å². The Hall–Kier alpha value is -2.10. The minimum absolute atomic E-state index is 0.00786. The number of rotatable bonds is 5. The van der Waals surface area contributed by atoms with Gasteiger partial charge in [0.1, 0.15) is 5.75 Å². The molecule has 0 fully saturated rings. The molecule has 2 N–H and O–H groups in total. The van der Waals surface area contributed by atoms with Gasteiger partial charge >= 0.3 is 0 Å². The molecule has 0 unspecified atom stereocenters. The summed E-state index contributed by atoms with van der Waals surface area (Å²) >= 11 is 0. The number of ketones is 1. The number of Topliss-reactive ketones (excluding diaryl/α,β-unsaturated/α-hetero) is 1. The maximum absolute atomic E-state index is 11.1. The Morgan fingerprint density at radius 1 is 1.33 bits per heavy atom. The van der Waals surface area contributed by atoms with E-state index in [2.05, 4.69) is 5.32 Å². The lowest BCUT2D eigenvalue weighted by Crippen LogP contribution is -2.20. The monoisotopic (exact) mass is 247 g/mol. The molecule has 0 saturated carbocycles. The quantitative estimate of drug-likeness (QED) is 0.618. The second kappa shape index (κ2) is 6.59. The van der Waals surface area contributed by atoms with Crippen LogP contribution in [0, 0.1) is 0 Å². The van der Waals surface area contributed by atoms with Crippen molar-refractivity contribution in [1.29, 1.82) is 0 Å². The zero-order valence-electron chi connectivity index (χ0n) is 10.6. The second-order valence-electron chi connectivity index (χ2n) is 4.01. The van der Waals surface area contributed by atoms with Crippen LogP contribution in [0.1, 0.15) is 36.2 Å². The number of benzene rings is 1. The molecule has 4 nitrogen and oxygen atoms in total. The van der Waals surface area contributed by atoms with E-state index in [9.17, 15) is 14.7 Å². The average Bonchev–Trinajstić information content (AvgIpc) is 2.27. The number of hydrogen-bond donors (Lipinski definition) is 2. The molecular weight excluding hydrogens is 230 g/mol. The molecule has 0 heterocycles. The molecule has 18 heavy (non-hydrogen) atoms. The predicted molar refractivity (Wildman–Crippen MR) is 70.4 cm³/mol. The maximum Gasteiger partial charge on any atom is 0.216 e. The van der Waals surface area contributed by atoms with Gasteiger partial charge in [-0.2, -0.15) is 0 Å². The lowest BCUT2D eigenvalue weighted by molar-refractivity contribution is -0.118. The van der Waals surface area contributed by atoms with Crippen molar-refractivity contribution >= 4 is 17.8 Å². The van der Waals surface area contributed by atoms with Crippen LogP contribution >= 0.6 is 0 Å². The van der Waals surface area contributed by atoms with Gasteiger partial charge in [-0.05, 0) is 31.0 Å². The summed E-state index contributed by atoms with van der Waals surface area (Å²) in [6.45, 7) is 3.48. The molecule has 0 aliphatic heterocycles. The van der Waals surface area contributed by atoms with Crippen molar-refractivity contribution in [2.24, 2.45) is 0 Å². The third-order valence-corrected chi connectivity index (χ3v) is 2.40. The number of phenols is 1. The van der Waals surface area contributed by atoms with Crippen LogP contribution in [0.3, 0.4) is 0 Å². The molecule has 0 saturated heterocycles. The largest absolute Gasteiger partial charge is 0.507 e. The van der Waals surface area contributed by atoms with Gasteiger partial charge in [-0.25, -0.2) is 0 Å². The summed E-state index contributed by atoms with van der Waals surface area (Å²) in [7, 11) is 0. The van der Waals surface area contributed by atoms with Crippen molar-refractivity contribution in [1.82, 2.24) is 5.32 Å². The van der Waals surface area contributed by atoms with E-state index in [1.165, 1.54) is 13.8 Å². The fraction of sp³-hybridized carbons (Fsp3) is 0.286. The van der Waals surface area contributed by atoms with Crippen molar-refractivity contribution in [3.8, 4) is 5.75 Å². The maximum atomic E-state index is 11.1. The number of aromatic hydroxyl groups is 1. The molecule has 0 radical (unpaired) electrons. The Morgan fingerprint density at radius 2 is 2.06 bits per heavy atom. The fourth-order valence-corrected chi connectivity index (χ4v) is 1.50. The Bertz CT molecular complexity index is 478. The number of nitrogens with one attached hydrogen (secondary N) is 1. The van der Waals surface area contributed by atoms with E-state index in [0.717, 1.165) is 12.0 Å². The van der Waals surface area contributed by atoms with E-state index in [0.29, 0.717) is 12.1 Å². The molecule has 0 aliphatic rings. The third kappa shape index (κ3) is 4.41. The Morgan fingerprint density at radius 3 is 2.61 bits per heavy atom. The van der Waals surface area contributed by atoms with Crippen LogP contribution < -0.4 is 5.32 Å². The van der Waals surface area contributed by atoms with Crippen LogP contribution in [0.5, 0.6) is 5.75 Å². The number of carbonyl (C=O) groups is 2. The molecule has 4 heteroatoms. The summed E-state index contributed by atoms with van der Waals surface area (Å²) in [5.74, 6) is -0.216. The summed E-state index contributed by atoms with van der Waals surface area (Å²) < 4.78 is 0. The highest BCUT2D eigenvalue weighted by atomic mass is 16.3. The SMILES string of the molecule is CC(=O)NCCC=Cc1ccc(C(C)=O)c(O)c1. The first-order valence-corrected chi connectivity index (χ1v) is 5.75. The highest BCUT2D eigenvalue weighted by molar-refractivity contribution is 5.96. The molecule has 0 spiro atoms. The first-order valence-electron chi connectivity index (χ1n) is 5.75. The van der Waals surface area contributed by atoms with Gasteiger partial charge in [-0.15, -0.1) is 0 Å². The van der Waals surface area contributed by atoms with Gasteiger partial charge in [0.25, 0.3) is 0 Å². The highest BCUT2D eigenvalue weighted by Gasteiger charge is 2.05. The van der Waals surface area contributed by atoms with E-state index in [4.69, 9.17) is 0 Å². The number of hydrogen-bond acceptors (Lipinski definition) is 3. The lowest BCUT2D eigenvalue weighted by atomic mass is 10.1. The predicted octanol–water partition coefficient (Wildman–Crippen LogP) is 2.13. The summed E-state index contributed by atoms with van der Waals surface area (Å²) in [6, 6.07) is 4.92. The fourth-order valence-electron chi connectivity index (χ4n) is 1.50.